The van der Waals surface area contributed by atoms with E-state index in [2.05, 4.69) is 10.4 Å². The number of rotatable bonds is 0. The van der Waals surface area contributed by atoms with Crippen LogP contribution in [-0.2, 0) is 0 Å². The van der Waals surface area contributed by atoms with E-state index >= 15 is 0 Å². The molecule has 0 aromatic carbocycles. The molecule has 0 amide bonds. The molecule has 2 aliphatic heterocycles. The molecular formula is C7H11F3N4. The van der Waals surface area contributed by atoms with Gasteiger partial charge in [-0.1, -0.05) is 0 Å². The van der Waals surface area contributed by atoms with Gasteiger partial charge in [-0.05, 0) is 12.8 Å². The van der Waals surface area contributed by atoms with Crippen molar-refractivity contribution in [2.24, 2.45) is 16.6 Å². The smallest absolute Gasteiger partial charge is 0.369 e. The highest BCUT2D eigenvalue weighted by Gasteiger charge is 2.45. The average molecular weight is 208 g/mol. The maximum absolute atomic E-state index is 12.4. The molecule has 1 fully saturated rings. The largest absolute Gasteiger partial charge is 0.393 e. The van der Waals surface area contributed by atoms with Gasteiger partial charge in [-0.25, -0.2) is 4.99 Å². The Kier molecular flexibility index (Phi) is 2.06. The number of nitrogens with zero attached hydrogens (tertiary/aromatic N) is 2. The van der Waals surface area contributed by atoms with Gasteiger partial charge in [-0.15, -0.1) is 0 Å². The number of hydrogen-bond donors (Lipinski definition) is 2. The van der Waals surface area contributed by atoms with Gasteiger partial charge in [-0.2, -0.15) is 18.2 Å². The molecule has 1 saturated heterocycles. The number of aliphatic imine (C=N–C) groups is 1. The molecule has 0 aromatic rings. The number of nitrogens with one attached hydrogen (secondary N) is 1. The number of hydrogen-bond acceptors (Lipinski definition) is 4. The third-order valence-corrected chi connectivity index (χ3v) is 2.56. The highest BCUT2D eigenvalue weighted by molar-refractivity contribution is 5.78. The number of guanidine groups is 1. The first-order valence-electron chi connectivity index (χ1n) is 4.40. The molecule has 0 saturated carbocycles. The highest BCUT2D eigenvalue weighted by Crippen LogP contribution is 2.35. The first kappa shape index (κ1) is 9.57. The van der Waals surface area contributed by atoms with Gasteiger partial charge in [0, 0.05) is 6.54 Å². The van der Waals surface area contributed by atoms with Gasteiger partial charge >= 0.3 is 6.18 Å². The molecule has 0 radical (unpaired) electrons. The van der Waals surface area contributed by atoms with Crippen LogP contribution in [0.15, 0.2) is 4.99 Å². The predicted molar refractivity (Wildman–Crippen MR) is 44.0 cm³/mol. The summed E-state index contributed by atoms with van der Waals surface area (Å²) in [5.41, 5.74) is 7.98. The quantitative estimate of drug-likeness (QED) is 0.606. The van der Waals surface area contributed by atoms with Crippen LogP contribution < -0.4 is 11.2 Å². The normalized spacial score (nSPS) is 33.5. The fourth-order valence-electron chi connectivity index (χ4n) is 1.81. The molecule has 3 N–H and O–H groups in total. The summed E-state index contributed by atoms with van der Waals surface area (Å²) in [5, 5.41) is 1.46. The Bertz CT molecular complexity index is 262. The summed E-state index contributed by atoms with van der Waals surface area (Å²) in [7, 11) is 0. The Balaban J connectivity index is 2.01. The van der Waals surface area contributed by atoms with Crippen molar-refractivity contribution in [3.8, 4) is 0 Å². The van der Waals surface area contributed by atoms with Gasteiger partial charge < -0.3 is 5.73 Å². The van der Waals surface area contributed by atoms with E-state index in [4.69, 9.17) is 5.73 Å². The van der Waals surface area contributed by atoms with Crippen molar-refractivity contribution in [1.82, 2.24) is 10.4 Å². The second-order valence-corrected chi connectivity index (χ2v) is 3.58. The lowest BCUT2D eigenvalue weighted by atomic mass is 9.97. The van der Waals surface area contributed by atoms with Crippen molar-refractivity contribution in [1.29, 1.82) is 0 Å². The maximum Gasteiger partial charge on any atom is 0.393 e. The minimum Gasteiger partial charge on any atom is -0.369 e. The standard InChI is InChI=1S/C7H11F3N4/c8-7(9,10)4-1-2-5-12-6(11)13-14(5)3-4/h4-5H,1-3H2,(H3,11,12,13). The van der Waals surface area contributed by atoms with E-state index < -0.39 is 12.1 Å². The Morgan fingerprint density at radius 2 is 2.14 bits per heavy atom. The lowest BCUT2D eigenvalue weighted by Crippen LogP contribution is -2.51. The Hall–Kier alpha value is -0.980. The van der Waals surface area contributed by atoms with Crippen LogP contribution in [0.3, 0.4) is 0 Å². The average Bonchev–Trinajstić information content (AvgIpc) is 2.41. The van der Waals surface area contributed by atoms with Crippen LogP contribution in [0.4, 0.5) is 13.2 Å². The van der Waals surface area contributed by atoms with Crippen LogP contribution in [0.25, 0.3) is 0 Å². The van der Waals surface area contributed by atoms with Crippen LogP contribution in [-0.4, -0.2) is 29.9 Å². The van der Waals surface area contributed by atoms with Crippen molar-refractivity contribution in [3.05, 3.63) is 0 Å². The molecule has 2 aliphatic rings. The van der Waals surface area contributed by atoms with Crippen molar-refractivity contribution in [3.63, 3.8) is 0 Å². The molecule has 0 bridgehead atoms. The summed E-state index contributed by atoms with van der Waals surface area (Å²) in [5.74, 6) is -1.06. The summed E-state index contributed by atoms with van der Waals surface area (Å²) in [6, 6.07) is 0. The minimum absolute atomic E-state index is 0.0711. The van der Waals surface area contributed by atoms with Crippen LogP contribution >= 0.6 is 0 Å². The van der Waals surface area contributed by atoms with Crippen LogP contribution in [0.5, 0.6) is 0 Å². The van der Waals surface area contributed by atoms with Gasteiger partial charge in [0.1, 0.15) is 6.17 Å². The van der Waals surface area contributed by atoms with Crippen molar-refractivity contribution < 1.29 is 13.2 Å². The second kappa shape index (κ2) is 3.01. The molecule has 2 unspecified atom stereocenters. The Morgan fingerprint density at radius 1 is 1.43 bits per heavy atom. The topological polar surface area (TPSA) is 53.6 Å². The van der Waals surface area contributed by atoms with Crippen LogP contribution in [0.2, 0.25) is 0 Å². The van der Waals surface area contributed by atoms with E-state index in [1.807, 2.05) is 0 Å². The molecule has 2 heterocycles. The summed E-state index contributed by atoms with van der Waals surface area (Å²) in [6.07, 6.45) is -3.81. The molecular weight excluding hydrogens is 197 g/mol. The van der Waals surface area contributed by atoms with E-state index in [1.54, 1.807) is 0 Å². The fraction of sp³-hybridized carbons (Fsp3) is 0.857. The zero-order valence-electron chi connectivity index (χ0n) is 7.38. The highest BCUT2D eigenvalue weighted by atomic mass is 19.4. The van der Waals surface area contributed by atoms with E-state index in [0.717, 1.165) is 0 Å². The minimum atomic E-state index is -4.12. The number of alkyl halides is 3. The molecule has 4 nitrogen and oxygen atoms in total. The van der Waals surface area contributed by atoms with Gasteiger partial charge in [0.2, 0.25) is 5.96 Å². The lowest BCUT2D eigenvalue weighted by Gasteiger charge is -2.33. The molecule has 2 atom stereocenters. The van der Waals surface area contributed by atoms with E-state index in [9.17, 15) is 13.2 Å². The molecule has 80 valence electrons. The molecule has 0 aliphatic carbocycles. The zero-order chi connectivity index (χ0) is 10.3. The number of nitrogens with two attached hydrogens (primary N) is 1. The first-order valence-corrected chi connectivity index (χ1v) is 4.40. The summed E-state index contributed by atoms with van der Waals surface area (Å²) in [4.78, 5) is 3.97. The molecule has 7 heteroatoms. The molecule has 14 heavy (non-hydrogen) atoms. The summed E-state index contributed by atoms with van der Waals surface area (Å²) >= 11 is 0. The molecule has 0 spiro atoms. The zero-order valence-corrected chi connectivity index (χ0v) is 7.38. The van der Waals surface area contributed by atoms with Crippen LogP contribution in [0.1, 0.15) is 12.8 Å². The van der Waals surface area contributed by atoms with Crippen LogP contribution in [0, 0.1) is 5.92 Å². The number of hydrazine groups is 1. The first-order chi connectivity index (χ1) is 6.47. The number of halogens is 3. The number of fused-ring (bicyclic) bond motifs is 1. The second-order valence-electron chi connectivity index (χ2n) is 3.58. The van der Waals surface area contributed by atoms with Crippen molar-refractivity contribution in [2.75, 3.05) is 6.54 Å². The Labute approximate surface area is 78.9 Å². The third kappa shape index (κ3) is 1.63. The summed E-state index contributed by atoms with van der Waals surface area (Å²) in [6.45, 7) is -0.0711. The van der Waals surface area contributed by atoms with Gasteiger partial charge in [0.05, 0.1) is 5.92 Å². The SMILES string of the molecule is NC1=NC2CCC(C(F)(F)F)CN2N1. The summed E-state index contributed by atoms with van der Waals surface area (Å²) < 4.78 is 37.1. The monoisotopic (exact) mass is 208 g/mol. The van der Waals surface area contributed by atoms with Crippen molar-refractivity contribution >= 4 is 5.96 Å². The molecule has 2 rings (SSSR count). The van der Waals surface area contributed by atoms with E-state index in [1.165, 1.54) is 5.01 Å². The van der Waals surface area contributed by atoms with E-state index in [-0.39, 0.29) is 25.1 Å². The molecule has 0 aromatic heterocycles. The number of piperidine rings is 1. The van der Waals surface area contributed by atoms with Gasteiger partial charge in [0.25, 0.3) is 0 Å². The van der Waals surface area contributed by atoms with Gasteiger partial charge in [-0.3, -0.25) is 5.43 Å². The predicted octanol–water partition coefficient (Wildman–Crippen LogP) is 0.420. The van der Waals surface area contributed by atoms with Crippen molar-refractivity contribution in [2.45, 2.75) is 25.2 Å². The lowest BCUT2D eigenvalue weighted by molar-refractivity contribution is -0.191. The maximum atomic E-state index is 12.4. The van der Waals surface area contributed by atoms with E-state index in [0.29, 0.717) is 6.42 Å². The third-order valence-electron chi connectivity index (χ3n) is 2.56. The fourth-order valence-corrected chi connectivity index (χ4v) is 1.81. The Morgan fingerprint density at radius 3 is 2.79 bits per heavy atom. The van der Waals surface area contributed by atoms with Gasteiger partial charge in [0.15, 0.2) is 0 Å².